The molecule has 1 spiro atoms. The lowest BCUT2D eigenvalue weighted by molar-refractivity contribution is -0.132. The summed E-state index contributed by atoms with van der Waals surface area (Å²) in [6, 6.07) is 7.73. The fraction of sp³-hybridized carbons (Fsp3) is 0.579. The first kappa shape index (κ1) is 18.9. The maximum atomic E-state index is 12.3. The number of hydrogen-bond acceptors (Lipinski definition) is 4. The van der Waals surface area contributed by atoms with Gasteiger partial charge in [0.25, 0.3) is 0 Å². The quantitative estimate of drug-likeness (QED) is 0.787. The van der Waals surface area contributed by atoms with Crippen molar-refractivity contribution in [1.82, 2.24) is 15.1 Å². The molecule has 2 heterocycles. The van der Waals surface area contributed by atoms with Crippen LogP contribution in [-0.2, 0) is 4.79 Å². The lowest BCUT2D eigenvalue weighted by atomic mass is 9.95. The maximum absolute atomic E-state index is 12.3. The first-order valence-corrected chi connectivity index (χ1v) is 9.60. The normalized spacial score (nSPS) is 19.3. The molecule has 2 fully saturated rings. The monoisotopic (exact) mass is 376 g/mol. The number of anilines is 1. The summed E-state index contributed by atoms with van der Waals surface area (Å²) in [6.07, 6.45) is 1.77. The van der Waals surface area contributed by atoms with Crippen molar-refractivity contribution in [2.45, 2.75) is 32.4 Å². The van der Waals surface area contributed by atoms with Crippen LogP contribution in [0.15, 0.2) is 24.3 Å². The van der Waals surface area contributed by atoms with Crippen LogP contribution in [0.4, 0.5) is 5.69 Å². The number of rotatable bonds is 4. The highest BCUT2D eigenvalue weighted by atomic mass is 32.1. The molecule has 2 saturated heterocycles. The van der Waals surface area contributed by atoms with Crippen LogP contribution in [0.25, 0.3) is 0 Å². The van der Waals surface area contributed by atoms with E-state index in [4.69, 9.17) is 17.0 Å². The third-order valence-corrected chi connectivity index (χ3v) is 5.51. The molecule has 2 aliphatic heterocycles. The summed E-state index contributed by atoms with van der Waals surface area (Å²) in [5.74, 6) is 1.50. The minimum absolute atomic E-state index is 0.201. The van der Waals surface area contributed by atoms with Crippen LogP contribution in [0.5, 0.6) is 5.75 Å². The highest BCUT2D eigenvalue weighted by Gasteiger charge is 2.46. The van der Waals surface area contributed by atoms with E-state index in [1.54, 1.807) is 7.11 Å². The number of likely N-dealkylation sites (tertiary alicyclic amines) is 1. The zero-order chi connectivity index (χ0) is 18.7. The molecule has 1 aromatic rings. The summed E-state index contributed by atoms with van der Waals surface area (Å²) in [5.41, 5.74) is 0.750. The summed E-state index contributed by atoms with van der Waals surface area (Å²) in [7, 11) is 1.65. The van der Waals surface area contributed by atoms with Gasteiger partial charge in [-0.1, -0.05) is 13.8 Å². The van der Waals surface area contributed by atoms with E-state index in [9.17, 15) is 4.79 Å². The van der Waals surface area contributed by atoms with E-state index < -0.39 is 0 Å². The smallest absolute Gasteiger partial charge is 0.238 e. The Hall–Kier alpha value is -1.86. The highest BCUT2D eigenvalue weighted by Crippen LogP contribution is 2.31. The Morgan fingerprint density at radius 2 is 1.96 bits per heavy atom. The predicted molar refractivity (Wildman–Crippen MR) is 107 cm³/mol. The Bertz CT molecular complexity index is 654. The van der Waals surface area contributed by atoms with Crippen LogP contribution in [0.2, 0.25) is 0 Å². The molecule has 26 heavy (non-hydrogen) atoms. The molecule has 2 N–H and O–H groups in total. The van der Waals surface area contributed by atoms with Gasteiger partial charge in [0.2, 0.25) is 5.91 Å². The second-order valence-electron chi connectivity index (χ2n) is 7.43. The van der Waals surface area contributed by atoms with E-state index in [1.165, 1.54) is 0 Å². The van der Waals surface area contributed by atoms with Crippen molar-refractivity contribution in [3.8, 4) is 5.75 Å². The topological polar surface area (TPSA) is 56.8 Å². The number of benzene rings is 1. The second kappa shape index (κ2) is 7.80. The SMILES string of the molecule is COc1ccc(NC(=S)N2CCC3(CC2)NCC(=O)N3CC(C)C)cc1. The number of hydrogen-bond donors (Lipinski definition) is 2. The fourth-order valence-corrected chi connectivity index (χ4v) is 4.02. The minimum Gasteiger partial charge on any atom is -0.497 e. The van der Waals surface area contributed by atoms with E-state index in [1.807, 2.05) is 24.3 Å². The van der Waals surface area contributed by atoms with E-state index in [0.29, 0.717) is 12.5 Å². The van der Waals surface area contributed by atoms with Gasteiger partial charge in [-0.25, -0.2) is 0 Å². The fourth-order valence-electron chi connectivity index (χ4n) is 3.71. The third kappa shape index (κ3) is 3.94. The van der Waals surface area contributed by atoms with Gasteiger partial charge in [0, 0.05) is 38.2 Å². The van der Waals surface area contributed by atoms with Crippen molar-refractivity contribution in [3.63, 3.8) is 0 Å². The van der Waals surface area contributed by atoms with Crippen LogP contribution < -0.4 is 15.4 Å². The average molecular weight is 377 g/mol. The Kier molecular flexibility index (Phi) is 5.67. The van der Waals surface area contributed by atoms with Gasteiger partial charge in [-0.3, -0.25) is 10.1 Å². The Morgan fingerprint density at radius 3 is 2.54 bits per heavy atom. The molecular formula is C19H28N4O2S. The Morgan fingerprint density at radius 1 is 1.31 bits per heavy atom. The van der Waals surface area contributed by atoms with Crippen LogP contribution in [0.1, 0.15) is 26.7 Å². The number of thiocarbonyl (C=S) groups is 1. The molecule has 6 nitrogen and oxygen atoms in total. The number of nitrogens with one attached hydrogen (secondary N) is 2. The van der Waals surface area contributed by atoms with Gasteiger partial charge in [-0.2, -0.15) is 0 Å². The average Bonchev–Trinajstić information content (AvgIpc) is 2.92. The summed E-state index contributed by atoms with van der Waals surface area (Å²) >= 11 is 5.59. The number of methoxy groups -OCH3 is 1. The first-order chi connectivity index (χ1) is 12.4. The first-order valence-electron chi connectivity index (χ1n) is 9.19. The summed E-state index contributed by atoms with van der Waals surface area (Å²) in [4.78, 5) is 16.5. The van der Waals surface area contributed by atoms with Crippen molar-refractivity contribution < 1.29 is 9.53 Å². The highest BCUT2D eigenvalue weighted by molar-refractivity contribution is 7.80. The Balaban J connectivity index is 1.58. The molecule has 1 amide bonds. The van der Waals surface area contributed by atoms with Gasteiger partial charge in [0.1, 0.15) is 5.75 Å². The van der Waals surface area contributed by atoms with Gasteiger partial charge < -0.3 is 19.9 Å². The zero-order valence-electron chi connectivity index (χ0n) is 15.7. The van der Waals surface area contributed by atoms with E-state index in [-0.39, 0.29) is 11.6 Å². The van der Waals surface area contributed by atoms with Crippen LogP contribution in [0.3, 0.4) is 0 Å². The largest absolute Gasteiger partial charge is 0.497 e. The number of carbonyl (C=O) groups is 1. The molecule has 0 atom stereocenters. The van der Waals surface area contributed by atoms with Gasteiger partial charge in [-0.05, 0) is 42.4 Å². The number of piperidine rings is 1. The van der Waals surface area contributed by atoms with E-state index in [2.05, 4.69) is 34.3 Å². The van der Waals surface area contributed by atoms with E-state index in [0.717, 1.165) is 49.0 Å². The molecule has 0 radical (unpaired) electrons. The summed E-state index contributed by atoms with van der Waals surface area (Å²) < 4.78 is 5.18. The standard InChI is InChI=1S/C19H28N4O2S/c1-14(2)13-23-17(24)12-20-19(23)8-10-22(11-9-19)18(26)21-15-4-6-16(25-3)7-5-15/h4-7,14,20H,8-13H2,1-3H3,(H,21,26). The van der Waals surface area contributed by atoms with Crippen LogP contribution >= 0.6 is 12.2 Å². The molecule has 0 aliphatic carbocycles. The molecule has 0 bridgehead atoms. The zero-order valence-corrected chi connectivity index (χ0v) is 16.6. The Labute approximate surface area is 160 Å². The minimum atomic E-state index is -0.201. The third-order valence-electron chi connectivity index (χ3n) is 5.15. The van der Waals surface area contributed by atoms with Crippen molar-refractivity contribution in [2.75, 3.05) is 38.6 Å². The van der Waals surface area contributed by atoms with Gasteiger partial charge >= 0.3 is 0 Å². The lowest BCUT2D eigenvalue weighted by Gasteiger charge is -2.45. The molecule has 0 aromatic heterocycles. The molecule has 0 saturated carbocycles. The van der Waals surface area contributed by atoms with Crippen molar-refractivity contribution >= 4 is 28.9 Å². The molecule has 142 valence electrons. The summed E-state index contributed by atoms with van der Waals surface area (Å²) in [6.45, 7) is 7.22. The van der Waals surface area contributed by atoms with Crippen LogP contribution in [0, 0.1) is 5.92 Å². The molecule has 0 unspecified atom stereocenters. The van der Waals surface area contributed by atoms with E-state index >= 15 is 0 Å². The van der Waals surface area contributed by atoms with Crippen LogP contribution in [-0.4, -0.2) is 59.8 Å². The second-order valence-corrected chi connectivity index (χ2v) is 7.82. The molecule has 2 aliphatic rings. The predicted octanol–water partition coefficient (Wildman–Crippen LogP) is 2.27. The maximum Gasteiger partial charge on any atom is 0.238 e. The van der Waals surface area contributed by atoms with Gasteiger partial charge in [0.05, 0.1) is 19.3 Å². The molecule has 1 aromatic carbocycles. The van der Waals surface area contributed by atoms with Gasteiger partial charge in [-0.15, -0.1) is 0 Å². The number of nitrogens with zero attached hydrogens (tertiary/aromatic N) is 2. The number of carbonyl (C=O) groups excluding carboxylic acids is 1. The van der Waals surface area contributed by atoms with Crippen molar-refractivity contribution in [1.29, 1.82) is 0 Å². The van der Waals surface area contributed by atoms with Crippen molar-refractivity contribution in [3.05, 3.63) is 24.3 Å². The lowest BCUT2D eigenvalue weighted by Crippen LogP contribution is -2.60. The molecule has 3 rings (SSSR count). The molecular weight excluding hydrogens is 348 g/mol. The van der Waals surface area contributed by atoms with Gasteiger partial charge in [0.15, 0.2) is 5.11 Å². The van der Waals surface area contributed by atoms with Crippen molar-refractivity contribution in [2.24, 2.45) is 5.92 Å². The summed E-state index contributed by atoms with van der Waals surface area (Å²) in [5, 5.41) is 7.49. The molecule has 7 heteroatoms. The number of amides is 1. The number of ether oxygens (including phenoxy) is 1.